The average Bonchev–Trinajstić information content (AvgIpc) is 2.69. The molecule has 0 bridgehead atoms. The van der Waals surface area contributed by atoms with Crippen molar-refractivity contribution in [2.24, 2.45) is 0 Å². The Morgan fingerprint density at radius 3 is 1.67 bits per heavy atom. The molecule has 0 aromatic carbocycles. The highest BCUT2D eigenvalue weighted by atomic mass is 31.0. The Kier molecular flexibility index (Phi) is 5.95. The second-order valence-corrected chi connectivity index (χ2v) is 9.74. The molecule has 0 atom stereocenters. The summed E-state index contributed by atoms with van der Waals surface area (Å²) in [5.74, 6) is 5.23. The lowest BCUT2D eigenvalue weighted by Crippen LogP contribution is -2.16. The summed E-state index contributed by atoms with van der Waals surface area (Å²) in [5, 5.41) is 1.89. The molecule has 0 N–H and O–H groups in total. The Hall–Kier alpha value is -0.350. The van der Waals surface area contributed by atoms with E-state index in [-0.39, 0.29) is 0 Å². The minimum Gasteiger partial charge on any atom is -0.0723 e. The Balaban J connectivity index is 1.71. The third-order valence-electron chi connectivity index (χ3n) is 7.10. The number of rotatable bonds is 3. The molecule has 0 nitrogen and oxygen atoms in total. The molecule has 3 aliphatic carbocycles. The van der Waals surface area contributed by atoms with Gasteiger partial charge in [-0.25, -0.2) is 0 Å². The van der Waals surface area contributed by atoms with Gasteiger partial charge in [-0.15, -0.1) is 0 Å². The topological polar surface area (TPSA) is 0 Å². The van der Waals surface area contributed by atoms with E-state index < -0.39 is 0 Å². The van der Waals surface area contributed by atoms with Gasteiger partial charge in [-0.05, 0) is 78.5 Å². The van der Waals surface area contributed by atoms with Gasteiger partial charge in [0.05, 0.1) is 0 Å². The van der Waals surface area contributed by atoms with E-state index in [0.29, 0.717) is 0 Å². The molecule has 1 aromatic heterocycles. The summed E-state index contributed by atoms with van der Waals surface area (Å²) in [7, 11) is 1.56. The molecule has 0 saturated heterocycles. The van der Waals surface area contributed by atoms with Crippen LogP contribution < -0.4 is 0 Å². The molecule has 132 valence electrons. The SMILES string of the molecule is c1cc(C2CCCCC2)c(C2CCCCC2)c(C2CCCCC2)p1. The molecule has 0 aliphatic heterocycles. The van der Waals surface area contributed by atoms with Crippen molar-refractivity contribution in [3.63, 3.8) is 0 Å². The van der Waals surface area contributed by atoms with Crippen LogP contribution in [-0.4, -0.2) is 0 Å². The predicted molar refractivity (Wildman–Crippen MR) is 106 cm³/mol. The van der Waals surface area contributed by atoms with Gasteiger partial charge in [0, 0.05) is 0 Å². The lowest BCUT2D eigenvalue weighted by atomic mass is 9.74. The standard InChI is InChI=1S/C23H35P/c1-4-10-18(11-5-1)21-16-17-24-23(20-14-8-3-9-15-20)22(21)19-12-6-2-7-13-19/h16-20H,1-15H2. The van der Waals surface area contributed by atoms with E-state index in [0.717, 1.165) is 17.8 Å². The fourth-order valence-corrected chi connectivity index (χ4v) is 7.13. The van der Waals surface area contributed by atoms with Crippen molar-refractivity contribution in [2.45, 2.75) is 114 Å². The smallest absolute Gasteiger partial charge is 0.0115 e. The highest BCUT2D eigenvalue weighted by molar-refractivity contribution is 7.30. The zero-order valence-electron chi connectivity index (χ0n) is 15.4. The third-order valence-corrected chi connectivity index (χ3v) is 8.29. The van der Waals surface area contributed by atoms with E-state index in [1.54, 1.807) is 8.19 Å². The van der Waals surface area contributed by atoms with Crippen LogP contribution in [0.5, 0.6) is 0 Å². The van der Waals surface area contributed by atoms with Crippen molar-refractivity contribution in [2.75, 3.05) is 0 Å². The third kappa shape index (κ3) is 3.75. The van der Waals surface area contributed by atoms with E-state index in [1.807, 2.05) is 16.4 Å². The van der Waals surface area contributed by atoms with Crippen molar-refractivity contribution >= 4 is 8.19 Å². The summed E-state index contributed by atoms with van der Waals surface area (Å²) in [6.07, 6.45) is 22.1. The molecule has 4 rings (SSSR count). The average molecular weight is 343 g/mol. The van der Waals surface area contributed by atoms with E-state index in [4.69, 9.17) is 0 Å². The molecular formula is C23H35P. The molecule has 24 heavy (non-hydrogen) atoms. The summed E-state index contributed by atoms with van der Waals surface area (Å²) >= 11 is 0. The van der Waals surface area contributed by atoms with Crippen molar-refractivity contribution in [1.82, 2.24) is 0 Å². The normalized spacial score (nSPS) is 25.3. The molecule has 0 amide bonds. The largest absolute Gasteiger partial charge is 0.0723 e. The van der Waals surface area contributed by atoms with Crippen LogP contribution in [-0.2, 0) is 0 Å². The minimum absolute atomic E-state index is 0.890. The van der Waals surface area contributed by atoms with Gasteiger partial charge in [-0.1, -0.05) is 72.0 Å². The highest BCUT2D eigenvalue weighted by Gasteiger charge is 2.29. The summed E-state index contributed by atoms with van der Waals surface area (Å²) in [6.45, 7) is 0. The fraction of sp³-hybridized carbons (Fsp3) is 0.783. The van der Waals surface area contributed by atoms with Crippen LogP contribution in [0.2, 0.25) is 0 Å². The molecule has 0 radical (unpaired) electrons. The predicted octanol–water partition coefficient (Wildman–Crippen LogP) is 8.41. The molecular weight excluding hydrogens is 307 g/mol. The Labute approximate surface area is 150 Å². The highest BCUT2D eigenvalue weighted by Crippen LogP contribution is 2.48. The number of hydrogen-bond donors (Lipinski definition) is 0. The Morgan fingerprint density at radius 1 is 0.583 bits per heavy atom. The van der Waals surface area contributed by atoms with Crippen LogP contribution in [0.1, 0.15) is 130 Å². The summed E-state index contributed by atoms with van der Waals surface area (Å²) in [4.78, 5) is 0. The monoisotopic (exact) mass is 342 g/mol. The van der Waals surface area contributed by atoms with E-state index in [9.17, 15) is 0 Å². The number of hydrogen-bond acceptors (Lipinski definition) is 0. The Bertz CT molecular complexity index is 481. The molecule has 0 spiro atoms. The lowest BCUT2D eigenvalue weighted by molar-refractivity contribution is 0.407. The zero-order valence-corrected chi connectivity index (χ0v) is 16.3. The van der Waals surface area contributed by atoms with Gasteiger partial charge in [-0.2, -0.15) is 0 Å². The van der Waals surface area contributed by atoms with Crippen LogP contribution in [0.3, 0.4) is 0 Å². The van der Waals surface area contributed by atoms with Crippen molar-refractivity contribution in [1.29, 1.82) is 0 Å². The first kappa shape index (κ1) is 17.1. The van der Waals surface area contributed by atoms with Crippen molar-refractivity contribution in [3.8, 4) is 0 Å². The lowest BCUT2D eigenvalue weighted by Gasteiger charge is -2.34. The van der Waals surface area contributed by atoms with E-state index in [2.05, 4.69) is 11.9 Å². The van der Waals surface area contributed by atoms with Crippen LogP contribution in [0.15, 0.2) is 11.9 Å². The van der Waals surface area contributed by atoms with Gasteiger partial charge in [0.15, 0.2) is 0 Å². The molecule has 1 heteroatoms. The summed E-state index contributed by atoms with van der Waals surface area (Å²) in [6, 6.07) is 2.58. The molecule has 1 aromatic rings. The molecule has 0 unspecified atom stereocenters. The van der Waals surface area contributed by atoms with Gasteiger partial charge in [0.25, 0.3) is 0 Å². The van der Waals surface area contributed by atoms with Gasteiger partial charge in [0.2, 0.25) is 0 Å². The van der Waals surface area contributed by atoms with Crippen LogP contribution in [0, 0.1) is 0 Å². The maximum atomic E-state index is 2.58. The molecule has 3 aliphatic rings. The molecule has 1 heterocycles. The van der Waals surface area contributed by atoms with E-state index in [1.165, 1.54) is 96.3 Å². The first-order chi connectivity index (χ1) is 11.9. The minimum atomic E-state index is 0.890. The first-order valence-corrected chi connectivity index (χ1v) is 11.9. The molecule has 3 saturated carbocycles. The van der Waals surface area contributed by atoms with E-state index >= 15 is 0 Å². The van der Waals surface area contributed by atoms with Crippen molar-refractivity contribution < 1.29 is 0 Å². The quantitative estimate of drug-likeness (QED) is 0.517. The second kappa shape index (κ2) is 8.35. The molecule has 3 fully saturated rings. The second-order valence-electron chi connectivity index (χ2n) is 8.70. The van der Waals surface area contributed by atoms with Gasteiger partial charge in [-0.3, -0.25) is 0 Å². The van der Waals surface area contributed by atoms with Crippen molar-refractivity contribution in [3.05, 3.63) is 28.3 Å². The van der Waals surface area contributed by atoms with Crippen LogP contribution >= 0.6 is 8.19 Å². The first-order valence-electron chi connectivity index (χ1n) is 10.9. The van der Waals surface area contributed by atoms with Crippen LogP contribution in [0.4, 0.5) is 0 Å². The maximum absolute atomic E-state index is 2.58. The van der Waals surface area contributed by atoms with Gasteiger partial charge < -0.3 is 0 Å². The van der Waals surface area contributed by atoms with Crippen LogP contribution in [0.25, 0.3) is 0 Å². The maximum Gasteiger partial charge on any atom is -0.0115 e. The zero-order chi connectivity index (χ0) is 16.2. The van der Waals surface area contributed by atoms with Gasteiger partial charge in [0.1, 0.15) is 0 Å². The summed E-state index contributed by atoms with van der Waals surface area (Å²) < 4.78 is 0. The Morgan fingerprint density at radius 2 is 1.08 bits per heavy atom. The fourth-order valence-electron chi connectivity index (χ4n) is 5.81. The van der Waals surface area contributed by atoms with Gasteiger partial charge >= 0.3 is 0 Å². The summed E-state index contributed by atoms with van der Waals surface area (Å²) in [5.41, 5.74) is 3.73.